The molecule has 1 aromatic carbocycles. The van der Waals surface area contributed by atoms with Crippen LogP contribution in [0.25, 0.3) is 0 Å². The first-order chi connectivity index (χ1) is 8.65. The third kappa shape index (κ3) is 3.68. The highest BCUT2D eigenvalue weighted by molar-refractivity contribution is 6.35. The van der Waals surface area contributed by atoms with Crippen molar-refractivity contribution in [1.29, 1.82) is 0 Å². The predicted octanol–water partition coefficient (Wildman–Crippen LogP) is 3.53. The SMILES string of the molecule is O=C(NOc1ccc(Cl)cc1Cl)NC1CCCC1. The molecule has 0 heterocycles. The molecule has 1 saturated carbocycles. The first-order valence-corrected chi connectivity index (χ1v) is 6.59. The van der Waals surface area contributed by atoms with E-state index in [4.69, 9.17) is 28.0 Å². The second-order valence-corrected chi connectivity index (χ2v) is 5.08. The second kappa shape index (κ2) is 6.16. The van der Waals surface area contributed by atoms with Gasteiger partial charge in [0, 0.05) is 11.1 Å². The van der Waals surface area contributed by atoms with E-state index >= 15 is 0 Å². The molecule has 0 unspecified atom stereocenters. The van der Waals surface area contributed by atoms with E-state index in [-0.39, 0.29) is 12.1 Å². The van der Waals surface area contributed by atoms with Crippen LogP contribution >= 0.6 is 23.2 Å². The number of nitrogens with one attached hydrogen (secondary N) is 2. The van der Waals surface area contributed by atoms with Crippen LogP contribution in [0, 0.1) is 0 Å². The normalized spacial score (nSPS) is 15.4. The molecule has 0 aliphatic heterocycles. The molecular formula is C12H14Cl2N2O2. The lowest BCUT2D eigenvalue weighted by molar-refractivity contribution is 0.175. The fraction of sp³-hybridized carbons (Fsp3) is 0.417. The summed E-state index contributed by atoms with van der Waals surface area (Å²) >= 11 is 11.7. The van der Waals surface area contributed by atoms with E-state index in [0.717, 1.165) is 25.7 Å². The molecule has 6 heteroatoms. The number of hydroxylamine groups is 1. The molecule has 0 bridgehead atoms. The lowest BCUT2D eigenvalue weighted by Gasteiger charge is -2.13. The molecule has 18 heavy (non-hydrogen) atoms. The highest BCUT2D eigenvalue weighted by Crippen LogP contribution is 2.26. The zero-order valence-corrected chi connectivity index (χ0v) is 11.2. The Bertz CT molecular complexity index is 434. The second-order valence-electron chi connectivity index (χ2n) is 4.23. The van der Waals surface area contributed by atoms with Crippen LogP contribution in [0.2, 0.25) is 10.0 Å². The minimum atomic E-state index is -0.354. The van der Waals surface area contributed by atoms with Gasteiger partial charge in [0.1, 0.15) is 0 Å². The number of halogens is 2. The summed E-state index contributed by atoms with van der Waals surface area (Å²) in [5.41, 5.74) is 2.31. The molecule has 98 valence electrons. The Morgan fingerprint density at radius 1 is 1.28 bits per heavy atom. The average molecular weight is 289 g/mol. The largest absolute Gasteiger partial charge is 0.376 e. The molecule has 0 radical (unpaired) electrons. The minimum absolute atomic E-state index is 0.245. The van der Waals surface area contributed by atoms with Gasteiger partial charge in [-0.1, -0.05) is 36.0 Å². The van der Waals surface area contributed by atoms with E-state index in [1.165, 1.54) is 0 Å². The summed E-state index contributed by atoms with van der Waals surface area (Å²) in [4.78, 5) is 16.6. The van der Waals surface area contributed by atoms with Gasteiger partial charge < -0.3 is 10.2 Å². The van der Waals surface area contributed by atoms with Crippen molar-refractivity contribution in [3.8, 4) is 5.75 Å². The standard InChI is InChI=1S/C12H14Cl2N2O2/c13-8-5-6-11(10(14)7-8)18-16-12(17)15-9-3-1-2-4-9/h5-7,9H,1-4H2,(H2,15,16,17). The molecule has 1 aliphatic carbocycles. The van der Waals surface area contributed by atoms with Crippen molar-refractivity contribution in [2.75, 3.05) is 0 Å². The first-order valence-electron chi connectivity index (χ1n) is 5.83. The lowest BCUT2D eigenvalue weighted by Crippen LogP contribution is -2.42. The van der Waals surface area contributed by atoms with Crippen LogP contribution in [0.1, 0.15) is 25.7 Å². The minimum Gasteiger partial charge on any atom is -0.376 e. The molecule has 0 aromatic heterocycles. The van der Waals surface area contributed by atoms with Crippen LogP contribution in [0.3, 0.4) is 0 Å². The van der Waals surface area contributed by atoms with E-state index in [1.807, 2.05) is 0 Å². The fourth-order valence-corrected chi connectivity index (χ4v) is 2.39. The van der Waals surface area contributed by atoms with Gasteiger partial charge in [-0.3, -0.25) is 0 Å². The van der Waals surface area contributed by atoms with Crippen LogP contribution in [0.5, 0.6) is 5.75 Å². The average Bonchev–Trinajstić information content (AvgIpc) is 2.80. The van der Waals surface area contributed by atoms with Crippen molar-refractivity contribution in [2.24, 2.45) is 0 Å². The van der Waals surface area contributed by atoms with Gasteiger partial charge in [-0.05, 0) is 31.0 Å². The molecule has 2 amide bonds. The van der Waals surface area contributed by atoms with Gasteiger partial charge in [0.15, 0.2) is 5.75 Å². The molecule has 1 aliphatic rings. The number of carbonyl (C=O) groups is 1. The Morgan fingerprint density at radius 3 is 2.67 bits per heavy atom. The predicted molar refractivity (Wildman–Crippen MR) is 71.0 cm³/mol. The van der Waals surface area contributed by atoms with E-state index in [1.54, 1.807) is 18.2 Å². The van der Waals surface area contributed by atoms with Crippen LogP contribution in [-0.4, -0.2) is 12.1 Å². The molecule has 0 saturated heterocycles. The van der Waals surface area contributed by atoms with Crippen LogP contribution < -0.4 is 15.6 Å². The van der Waals surface area contributed by atoms with Crippen LogP contribution in [-0.2, 0) is 0 Å². The summed E-state index contributed by atoms with van der Waals surface area (Å²) in [5, 5.41) is 3.70. The Labute approximate surface area is 116 Å². The monoisotopic (exact) mass is 288 g/mol. The fourth-order valence-electron chi connectivity index (χ4n) is 1.94. The summed E-state index contributed by atoms with van der Waals surface area (Å²) in [5.74, 6) is 0.364. The van der Waals surface area contributed by atoms with Crippen LogP contribution in [0.15, 0.2) is 18.2 Å². The van der Waals surface area contributed by atoms with Crippen LogP contribution in [0.4, 0.5) is 4.79 Å². The van der Waals surface area contributed by atoms with Gasteiger partial charge in [-0.15, -0.1) is 0 Å². The molecule has 2 N–H and O–H groups in total. The van der Waals surface area contributed by atoms with Gasteiger partial charge in [0.25, 0.3) is 0 Å². The maximum Gasteiger partial charge on any atom is 0.348 e. The zero-order valence-electron chi connectivity index (χ0n) is 9.71. The van der Waals surface area contributed by atoms with Crippen molar-refractivity contribution in [1.82, 2.24) is 10.8 Å². The molecule has 0 spiro atoms. The Morgan fingerprint density at radius 2 is 2.00 bits per heavy atom. The van der Waals surface area contributed by atoms with Gasteiger partial charge in [-0.25, -0.2) is 4.79 Å². The summed E-state index contributed by atoms with van der Waals surface area (Å²) in [6, 6.07) is 4.68. The van der Waals surface area contributed by atoms with Gasteiger partial charge in [-0.2, -0.15) is 5.48 Å². The molecule has 1 aromatic rings. The van der Waals surface area contributed by atoms with Crippen molar-refractivity contribution in [3.63, 3.8) is 0 Å². The third-order valence-electron chi connectivity index (χ3n) is 2.84. The maximum atomic E-state index is 11.5. The number of amides is 2. The highest BCUT2D eigenvalue weighted by atomic mass is 35.5. The number of benzene rings is 1. The summed E-state index contributed by atoms with van der Waals surface area (Å²) in [6.45, 7) is 0. The number of carbonyl (C=O) groups excluding carboxylic acids is 1. The highest BCUT2D eigenvalue weighted by Gasteiger charge is 2.17. The first kappa shape index (κ1) is 13.3. The Hall–Kier alpha value is -1.13. The van der Waals surface area contributed by atoms with E-state index in [2.05, 4.69) is 10.8 Å². The molecule has 0 atom stereocenters. The molecule has 1 fully saturated rings. The number of hydrogen-bond donors (Lipinski definition) is 2. The molecule has 2 rings (SSSR count). The summed E-state index contributed by atoms with van der Waals surface area (Å²) in [6.07, 6.45) is 4.37. The Kier molecular flexibility index (Phi) is 4.55. The molecule has 4 nitrogen and oxygen atoms in total. The number of rotatable bonds is 3. The van der Waals surface area contributed by atoms with Gasteiger partial charge in [0.2, 0.25) is 0 Å². The van der Waals surface area contributed by atoms with Crippen molar-refractivity contribution >= 4 is 29.2 Å². The Balaban J connectivity index is 1.81. The summed E-state index contributed by atoms with van der Waals surface area (Å²) in [7, 11) is 0. The lowest BCUT2D eigenvalue weighted by atomic mass is 10.3. The van der Waals surface area contributed by atoms with Crippen molar-refractivity contribution < 1.29 is 9.63 Å². The van der Waals surface area contributed by atoms with Crippen molar-refractivity contribution in [2.45, 2.75) is 31.7 Å². The maximum absolute atomic E-state index is 11.5. The smallest absolute Gasteiger partial charge is 0.348 e. The quantitative estimate of drug-likeness (QED) is 0.836. The van der Waals surface area contributed by atoms with Gasteiger partial charge in [0.05, 0.1) is 5.02 Å². The van der Waals surface area contributed by atoms with E-state index in [0.29, 0.717) is 15.8 Å². The van der Waals surface area contributed by atoms with E-state index < -0.39 is 0 Å². The van der Waals surface area contributed by atoms with E-state index in [9.17, 15) is 4.79 Å². The molecular weight excluding hydrogens is 275 g/mol. The van der Waals surface area contributed by atoms with Gasteiger partial charge >= 0.3 is 6.03 Å². The topological polar surface area (TPSA) is 50.4 Å². The number of hydrogen-bond acceptors (Lipinski definition) is 2. The third-order valence-corrected chi connectivity index (χ3v) is 3.37. The number of urea groups is 1. The zero-order chi connectivity index (χ0) is 13.0. The van der Waals surface area contributed by atoms with Crippen molar-refractivity contribution in [3.05, 3.63) is 28.2 Å². The summed E-state index contributed by atoms with van der Waals surface area (Å²) < 4.78 is 0.